The summed E-state index contributed by atoms with van der Waals surface area (Å²) in [7, 11) is 0. The molecule has 4 nitrogen and oxygen atoms in total. The van der Waals surface area contributed by atoms with Gasteiger partial charge in [0.1, 0.15) is 5.60 Å². The molecule has 0 bridgehead atoms. The lowest BCUT2D eigenvalue weighted by molar-refractivity contribution is -0.216. The maximum atomic E-state index is 13.7. The molecule has 18 heavy (non-hydrogen) atoms. The fourth-order valence-corrected chi connectivity index (χ4v) is 2.52. The second kappa shape index (κ2) is 4.55. The molecule has 1 amide bonds. The zero-order chi connectivity index (χ0) is 13.4. The third kappa shape index (κ3) is 2.12. The van der Waals surface area contributed by atoms with Crippen LogP contribution in [0.5, 0.6) is 0 Å². The summed E-state index contributed by atoms with van der Waals surface area (Å²) in [6.45, 7) is 1.76. The Hall–Kier alpha value is -1.08. The maximum absolute atomic E-state index is 13.7. The van der Waals surface area contributed by atoms with Crippen LogP contribution in [-0.2, 0) is 11.3 Å². The van der Waals surface area contributed by atoms with Crippen molar-refractivity contribution in [1.29, 1.82) is 0 Å². The number of halogens is 2. The molecule has 0 atom stereocenters. The highest BCUT2D eigenvalue weighted by atomic mass is 32.1. The largest absolute Gasteiger partial charge is 0.383 e. The van der Waals surface area contributed by atoms with Crippen LogP contribution in [0.15, 0.2) is 5.51 Å². The number of aryl methyl sites for hydroxylation is 1. The van der Waals surface area contributed by atoms with Crippen molar-refractivity contribution in [3.05, 3.63) is 16.1 Å². The Morgan fingerprint density at radius 3 is 2.78 bits per heavy atom. The van der Waals surface area contributed by atoms with Gasteiger partial charge in [-0.05, 0) is 26.2 Å². The van der Waals surface area contributed by atoms with Crippen LogP contribution >= 0.6 is 11.3 Å². The lowest BCUT2D eigenvalue weighted by atomic mass is 9.75. The molecule has 1 aliphatic rings. The second-order valence-electron chi connectivity index (χ2n) is 4.50. The zero-order valence-corrected chi connectivity index (χ0v) is 10.7. The minimum atomic E-state index is -3.73. The van der Waals surface area contributed by atoms with Gasteiger partial charge in [0, 0.05) is 4.88 Å². The highest BCUT2D eigenvalue weighted by Gasteiger charge is 2.61. The molecule has 100 valence electrons. The van der Waals surface area contributed by atoms with Gasteiger partial charge >= 0.3 is 5.92 Å². The van der Waals surface area contributed by atoms with Crippen LogP contribution in [0.3, 0.4) is 0 Å². The molecule has 0 spiro atoms. The van der Waals surface area contributed by atoms with E-state index in [9.17, 15) is 18.7 Å². The van der Waals surface area contributed by atoms with E-state index in [0.29, 0.717) is 12.1 Å². The molecule has 0 saturated heterocycles. The van der Waals surface area contributed by atoms with Gasteiger partial charge in [-0.3, -0.25) is 4.79 Å². The molecule has 0 aliphatic heterocycles. The number of nitrogens with one attached hydrogen (secondary N) is 1. The molecule has 0 aromatic carbocycles. The van der Waals surface area contributed by atoms with Crippen LogP contribution in [0.4, 0.5) is 8.78 Å². The topological polar surface area (TPSA) is 62.2 Å². The highest BCUT2D eigenvalue weighted by Crippen LogP contribution is 2.44. The monoisotopic (exact) mass is 276 g/mol. The summed E-state index contributed by atoms with van der Waals surface area (Å²) in [5, 5.41) is 11.8. The van der Waals surface area contributed by atoms with Crippen molar-refractivity contribution in [3.8, 4) is 0 Å². The molecular formula is C11H14F2N2O2S. The van der Waals surface area contributed by atoms with Crippen LogP contribution in [-0.4, -0.2) is 27.5 Å². The second-order valence-corrected chi connectivity index (χ2v) is 5.44. The predicted molar refractivity (Wildman–Crippen MR) is 62.4 cm³/mol. The van der Waals surface area contributed by atoms with E-state index in [2.05, 4.69) is 10.3 Å². The number of aromatic nitrogens is 1. The molecule has 0 unspecified atom stereocenters. The van der Waals surface area contributed by atoms with Gasteiger partial charge in [-0.1, -0.05) is 0 Å². The van der Waals surface area contributed by atoms with Gasteiger partial charge in [0.2, 0.25) is 0 Å². The van der Waals surface area contributed by atoms with Crippen molar-refractivity contribution in [1.82, 2.24) is 10.3 Å². The normalized spacial score (nSPS) is 18.2. The summed E-state index contributed by atoms with van der Waals surface area (Å²) in [5.41, 5.74) is 0.139. The maximum Gasteiger partial charge on any atom is 0.352 e. The van der Waals surface area contributed by atoms with Gasteiger partial charge in [-0.2, -0.15) is 8.78 Å². The lowest BCUT2D eigenvalue weighted by Gasteiger charge is -2.41. The Kier molecular flexibility index (Phi) is 3.37. The quantitative estimate of drug-likeness (QED) is 0.878. The SMILES string of the molecule is Cc1ncsc1CNC(=O)C(F)(F)C1(O)CCC1. The van der Waals surface area contributed by atoms with Gasteiger partial charge in [0.25, 0.3) is 5.91 Å². The van der Waals surface area contributed by atoms with Gasteiger partial charge in [-0.25, -0.2) is 4.98 Å². The zero-order valence-electron chi connectivity index (χ0n) is 9.87. The molecule has 0 radical (unpaired) electrons. The first-order valence-electron chi connectivity index (χ1n) is 5.64. The third-order valence-electron chi connectivity index (χ3n) is 3.30. The molecule has 1 aromatic heterocycles. The lowest BCUT2D eigenvalue weighted by Crippen LogP contribution is -2.60. The molecule has 2 rings (SSSR count). The standard InChI is InChI=1S/C11H14F2N2O2S/c1-7-8(18-6-15-7)5-14-9(16)11(12,13)10(17)3-2-4-10/h6,17H,2-5H2,1H3,(H,14,16). The van der Waals surface area contributed by atoms with Crippen molar-refractivity contribution in [2.24, 2.45) is 0 Å². The Morgan fingerprint density at radius 1 is 1.67 bits per heavy atom. The van der Waals surface area contributed by atoms with Crippen LogP contribution in [0.1, 0.15) is 29.8 Å². The average Bonchev–Trinajstić information content (AvgIpc) is 2.68. The minimum absolute atomic E-state index is 0.0149. The Balaban J connectivity index is 1.97. The van der Waals surface area contributed by atoms with E-state index in [1.807, 2.05) is 0 Å². The van der Waals surface area contributed by atoms with Crippen molar-refractivity contribution < 1.29 is 18.7 Å². The van der Waals surface area contributed by atoms with Crippen molar-refractivity contribution in [2.75, 3.05) is 0 Å². The van der Waals surface area contributed by atoms with Crippen molar-refractivity contribution in [3.63, 3.8) is 0 Å². The van der Waals surface area contributed by atoms with Gasteiger partial charge in [0.15, 0.2) is 0 Å². The summed E-state index contributed by atoms with van der Waals surface area (Å²) < 4.78 is 27.4. The molecule has 2 N–H and O–H groups in total. The first-order chi connectivity index (χ1) is 8.37. The number of alkyl halides is 2. The molecule has 1 heterocycles. The minimum Gasteiger partial charge on any atom is -0.383 e. The fraction of sp³-hybridized carbons (Fsp3) is 0.636. The number of hydrogen-bond acceptors (Lipinski definition) is 4. The third-order valence-corrected chi connectivity index (χ3v) is 4.24. The van der Waals surface area contributed by atoms with Crippen molar-refractivity contribution >= 4 is 17.2 Å². The highest BCUT2D eigenvalue weighted by molar-refractivity contribution is 7.09. The molecule has 1 saturated carbocycles. The van der Waals surface area contributed by atoms with E-state index in [-0.39, 0.29) is 19.4 Å². The summed E-state index contributed by atoms with van der Waals surface area (Å²) in [6.07, 6.45) is 0.452. The van der Waals surface area contributed by atoms with Crippen LogP contribution in [0.2, 0.25) is 0 Å². The summed E-state index contributed by atoms with van der Waals surface area (Å²) in [5.74, 6) is -5.15. The predicted octanol–water partition coefficient (Wildman–Crippen LogP) is 1.62. The number of aliphatic hydroxyl groups is 1. The number of rotatable bonds is 4. The van der Waals surface area contributed by atoms with E-state index >= 15 is 0 Å². The number of thiazole rings is 1. The van der Waals surface area contributed by atoms with Gasteiger partial charge in [0.05, 0.1) is 17.7 Å². The van der Waals surface area contributed by atoms with E-state index in [4.69, 9.17) is 0 Å². The van der Waals surface area contributed by atoms with E-state index in [0.717, 1.165) is 4.88 Å². The number of hydrogen-bond donors (Lipinski definition) is 2. The van der Waals surface area contributed by atoms with Gasteiger partial charge < -0.3 is 10.4 Å². The van der Waals surface area contributed by atoms with Crippen LogP contribution in [0, 0.1) is 6.92 Å². The van der Waals surface area contributed by atoms with Gasteiger partial charge in [-0.15, -0.1) is 11.3 Å². The molecule has 1 fully saturated rings. The van der Waals surface area contributed by atoms with Crippen molar-refractivity contribution in [2.45, 2.75) is 44.3 Å². The Bertz CT molecular complexity index is 458. The fourth-order valence-electron chi connectivity index (χ4n) is 1.80. The van der Waals surface area contributed by atoms with E-state index in [1.54, 1.807) is 12.4 Å². The number of amides is 1. The van der Waals surface area contributed by atoms with Crippen LogP contribution in [0.25, 0.3) is 0 Å². The summed E-state index contributed by atoms with van der Waals surface area (Å²) >= 11 is 1.30. The smallest absolute Gasteiger partial charge is 0.352 e. The molecule has 1 aromatic rings. The molecule has 7 heteroatoms. The number of carbonyl (C=O) groups is 1. The molecular weight excluding hydrogens is 262 g/mol. The van der Waals surface area contributed by atoms with E-state index in [1.165, 1.54) is 11.3 Å². The summed E-state index contributed by atoms with van der Waals surface area (Å²) in [6, 6.07) is 0. The first kappa shape index (κ1) is 13.4. The van der Waals surface area contributed by atoms with E-state index < -0.39 is 17.4 Å². The first-order valence-corrected chi connectivity index (χ1v) is 6.52. The number of carbonyl (C=O) groups excluding carboxylic acids is 1. The average molecular weight is 276 g/mol. The number of nitrogens with zero attached hydrogens (tertiary/aromatic N) is 1. The molecule has 1 aliphatic carbocycles. The Morgan fingerprint density at radius 2 is 2.33 bits per heavy atom. The Labute approximate surface area is 107 Å². The summed E-state index contributed by atoms with van der Waals surface area (Å²) in [4.78, 5) is 16.2. The van der Waals surface area contributed by atoms with Crippen LogP contribution < -0.4 is 5.32 Å².